The summed E-state index contributed by atoms with van der Waals surface area (Å²) in [6.07, 6.45) is -1.32. The number of rotatable bonds is 3. The quantitative estimate of drug-likeness (QED) is 0.388. The Hall–Kier alpha value is -1.99. The molecule has 110 valence electrons. The van der Waals surface area contributed by atoms with Gasteiger partial charge in [0.05, 0.1) is 5.56 Å². The van der Waals surface area contributed by atoms with E-state index in [1.165, 1.54) is 0 Å². The van der Waals surface area contributed by atoms with E-state index in [1.54, 1.807) is 0 Å². The Kier molecular flexibility index (Phi) is 4.01. The van der Waals surface area contributed by atoms with E-state index in [0.717, 1.165) is 37.8 Å². The van der Waals surface area contributed by atoms with Gasteiger partial charge in [0.1, 0.15) is 11.8 Å². The van der Waals surface area contributed by atoms with Crippen LogP contribution in [0.5, 0.6) is 5.88 Å². The van der Waals surface area contributed by atoms with Crippen LogP contribution >= 0.6 is 0 Å². The van der Waals surface area contributed by atoms with E-state index in [2.05, 4.69) is 10.1 Å². The van der Waals surface area contributed by atoms with E-state index in [0.29, 0.717) is 0 Å². The van der Waals surface area contributed by atoms with E-state index < -0.39 is 11.9 Å². The lowest BCUT2D eigenvalue weighted by Crippen LogP contribution is -2.21. The first-order chi connectivity index (χ1) is 9.41. The minimum Gasteiger partial charge on any atom is -0.474 e. The van der Waals surface area contributed by atoms with Gasteiger partial charge in [0.15, 0.2) is 5.84 Å². The van der Waals surface area contributed by atoms with Gasteiger partial charge in [-0.25, -0.2) is 4.98 Å². The molecule has 0 saturated heterocycles. The molecule has 1 heterocycles. The average Bonchev–Trinajstić information content (AvgIpc) is 2.89. The number of nitrogens with zero attached hydrogens (tertiary/aromatic N) is 2. The minimum atomic E-state index is -4.57. The number of halogens is 3. The summed E-state index contributed by atoms with van der Waals surface area (Å²) in [4.78, 5) is 3.46. The number of hydrogen-bond donors (Lipinski definition) is 2. The summed E-state index contributed by atoms with van der Waals surface area (Å²) in [5, 5.41) is 11.4. The second-order valence-electron chi connectivity index (χ2n) is 4.56. The van der Waals surface area contributed by atoms with Gasteiger partial charge in [0.2, 0.25) is 5.88 Å². The standard InChI is InChI=1S/C12H14F3N3O2/c13-12(14,15)9-6-5-8(10(16)18-19)11(17-9)20-7-3-1-2-4-7/h5-7,19H,1-4H2,(H2,16,18). The maximum absolute atomic E-state index is 12.7. The normalized spacial score (nSPS) is 17.4. The number of amidine groups is 1. The van der Waals surface area contributed by atoms with Crippen molar-refractivity contribution >= 4 is 5.84 Å². The first-order valence-corrected chi connectivity index (χ1v) is 6.14. The van der Waals surface area contributed by atoms with Crippen LogP contribution in [0.3, 0.4) is 0 Å². The molecule has 5 nitrogen and oxygen atoms in total. The van der Waals surface area contributed by atoms with Crippen molar-refractivity contribution in [3.8, 4) is 5.88 Å². The Morgan fingerprint density at radius 1 is 1.35 bits per heavy atom. The number of alkyl halides is 3. The first-order valence-electron chi connectivity index (χ1n) is 6.14. The van der Waals surface area contributed by atoms with Crippen LogP contribution < -0.4 is 10.5 Å². The summed E-state index contributed by atoms with van der Waals surface area (Å²) in [5.74, 6) is -0.582. The molecule has 1 aromatic heterocycles. The van der Waals surface area contributed by atoms with E-state index >= 15 is 0 Å². The Labute approximate surface area is 113 Å². The Bertz CT molecular complexity index is 511. The summed E-state index contributed by atoms with van der Waals surface area (Å²) < 4.78 is 43.5. The highest BCUT2D eigenvalue weighted by atomic mass is 19.4. The van der Waals surface area contributed by atoms with Gasteiger partial charge in [-0.05, 0) is 37.8 Å². The number of pyridine rings is 1. The number of ether oxygens (including phenoxy) is 1. The summed E-state index contributed by atoms with van der Waals surface area (Å²) in [6.45, 7) is 0. The third-order valence-electron chi connectivity index (χ3n) is 3.11. The van der Waals surface area contributed by atoms with Crippen LogP contribution in [0.2, 0.25) is 0 Å². The van der Waals surface area contributed by atoms with Gasteiger partial charge in [-0.3, -0.25) is 0 Å². The topological polar surface area (TPSA) is 80.7 Å². The fraction of sp³-hybridized carbons (Fsp3) is 0.500. The Balaban J connectivity index is 2.36. The van der Waals surface area contributed by atoms with E-state index in [4.69, 9.17) is 15.7 Å². The highest BCUT2D eigenvalue weighted by molar-refractivity contribution is 5.99. The number of hydrogen-bond acceptors (Lipinski definition) is 4. The highest BCUT2D eigenvalue weighted by Crippen LogP contribution is 2.31. The molecule has 0 aromatic carbocycles. The van der Waals surface area contributed by atoms with Gasteiger partial charge in [0.25, 0.3) is 0 Å². The van der Waals surface area contributed by atoms with Gasteiger partial charge in [0, 0.05) is 0 Å². The summed E-state index contributed by atoms with van der Waals surface area (Å²) in [6, 6.07) is 1.87. The predicted octanol–water partition coefficient (Wildman–Crippen LogP) is 2.52. The highest BCUT2D eigenvalue weighted by Gasteiger charge is 2.34. The second kappa shape index (κ2) is 5.56. The predicted molar refractivity (Wildman–Crippen MR) is 64.6 cm³/mol. The molecule has 0 amide bonds. The third kappa shape index (κ3) is 3.12. The van der Waals surface area contributed by atoms with Crippen molar-refractivity contribution < 1.29 is 23.1 Å². The molecule has 0 radical (unpaired) electrons. The Morgan fingerprint density at radius 3 is 2.55 bits per heavy atom. The van der Waals surface area contributed by atoms with E-state index in [1.807, 2.05) is 0 Å². The van der Waals surface area contributed by atoms with Gasteiger partial charge >= 0.3 is 6.18 Å². The number of aromatic nitrogens is 1. The molecule has 1 aromatic rings. The van der Waals surface area contributed by atoms with Gasteiger partial charge in [-0.1, -0.05) is 5.16 Å². The molecule has 1 aliphatic carbocycles. The number of oxime groups is 1. The van der Waals surface area contributed by atoms with Gasteiger partial charge in [-0.2, -0.15) is 13.2 Å². The maximum Gasteiger partial charge on any atom is 0.433 e. The molecular weight excluding hydrogens is 275 g/mol. The molecule has 1 aliphatic rings. The molecule has 0 atom stereocenters. The Morgan fingerprint density at radius 2 is 2.00 bits per heavy atom. The summed E-state index contributed by atoms with van der Waals surface area (Å²) in [5.41, 5.74) is 4.41. The first kappa shape index (κ1) is 14.4. The van der Waals surface area contributed by atoms with Crippen LogP contribution in [0.4, 0.5) is 13.2 Å². The average molecular weight is 289 g/mol. The van der Waals surface area contributed by atoms with Crippen molar-refractivity contribution in [3.63, 3.8) is 0 Å². The van der Waals surface area contributed by atoms with Crippen molar-refractivity contribution in [2.45, 2.75) is 38.0 Å². The largest absolute Gasteiger partial charge is 0.474 e. The van der Waals surface area contributed by atoms with Crippen LogP contribution in [0.1, 0.15) is 36.9 Å². The van der Waals surface area contributed by atoms with E-state index in [9.17, 15) is 13.2 Å². The molecule has 0 aliphatic heterocycles. The van der Waals surface area contributed by atoms with Gasteiger partial charge in [-0.15, -0.1) is 0 Å². The molecule has 3 N–H and O–H groups in total. The molecule has 2 rings (SSSR count). The molecule has 0 unspecified atom stereocenters. The zero-order chi connectivity index (χ0) is 14.8. The third-order valence-corrected chi connectivity index (χ3v) is 3.11. The smallest absolute Gasteiger partial charge is 0.433 e. The lowest BCUT2D eigenvalue weighted by Gasteiger charge is -2.16. The zero-order valence-corrected chi connectivity index (χ0v) is 10.5. The van der Waals surface area contributed by atoms with Crippen molar-refractivity contribution in [1.82, 2.24) is 4.98 Å². The lowest BCUT2D eigenvalue weighted by molar-refractivity contribution is -0.141. The molecule has 20 heavy (non-hydrogen) atoms. The maximum atomic E-state index is 12.7. The van der Waals surface area contributed by atoms with Crippen molar-refractivity contribution in [1.29, 1.82) is 0 Å². The van der Waals surface area contributed by atoms with Crippen molar-refractivity contribution in [2.75, 3.05) is 0 Å². The molecule has 8 heteroatoms. The lowest BCUT2D eigenvalue weighted by atomic mass is 10.2. The number of nitrogens with two attached hydrogens (primary N) is 1. The SMILES string of the molecule is NC(=NO)c1ccc(C(F)(F)F)nc1OC1CCCC1. The summed E-state index contributed by atoms with van der Waals surface area (Å²) in [7, 11) is 0. The molecular formula is C12H14F3N3O2. The van der Waals surface area contributed by atoms with Crippen LogP contribution in [-0.2, 0) is 6.18 Å². The van der Waals surface area contributed by atoms with Crippen molar-refractivity contribution in [2.24, 2.45) is 10.9 Å². The van der Waals surface area contributed by atoms with Gasteiger partial charge < -0.3 is 15.7 Å². The van der Waals surface area contributed by atoms with E-state index in [-0.39, 0.29) is 23.4 Å². The monoisotopic (exact) mass is 289 g/mol. The summed E-state index contributed by atoms with van der Waals surface area (Å²) >= 11 is 0. The second-order valence-corrected chi connectivity index (χ2v) is 4.56. The van der Waals surface area contributed by atoms with Crippen LogP contribution in [0.25, 0.3) is 0 Å². The zero-order valence-electron chi connectivity index (χ0n) is 10.5. The fourth-order valence-corrected chi connectivity index (χ4v) is 2.10. The molecule has 1 saturated carbocycles. The molecule has 1 fully saturated rings. The fourth-order valence-electron chi connectivity index (χ4n) is 2.10. The minimum absolute atomic E-state index is 0.0485. The molecule has 0 bridgehead atoms. The van der Waals surface area contributed by atoms with Crippen LogP contribution in [0.15, 0.2) is 17.3 Å². The van der Waals surface area contributed by atoms with Crippen LogP contribution in [-0.4, -0.2) is 22.1 Å². The molecule has 0 spiro atoms. The van der Waals surface area contributed by atoms with Crippen LogP contribution in [0, 0.1) is 0 Å². The van der Waals surface area contributed by atoms with Crippen molar-refractivity contribution in [3.05, 3.63) is 23.4 Å².